The van der Waals surface area contributed by atoms with Crippen LogP contribution in [-0.2, 0) is 24.3 Å². The van der Waals surface area contributed by atoms with Crippen molar-refractivity contribution in [2.45, 2.75) is 11.8 Å². The SMILES string of the molecule is CCOC(=O)NC(=O)COC(=O)c1ccccc1NS(=O)(=O)c1ccc(F)cc1. The van der Waals surface area contributed by atoms with Gasteiger partial charge in [0.25, 0.3) is 15.9 Å². The van der Waals surface area contributed by atoms with E-state index >= 15 is 0 Å². The number of hydrogen-bond acceptors (Lipinski definition) is 7. The first-order chi connectivity index (χ1) is 13.7. The van der Waals surface area contributed by atoms with E-state index in [2.05, 4.69) is 9.46 Å². The highest BCUT2D eigenvalue weighted by atomic mass is 32.2. The van der Waals surface area contributed by atoms with Crippen LogP contribution in [0, 0.1) is 5.82 Å². The van der Waals surface area contributed by atoms with Gasteiger partial charge in [-0.05, 0) is 43.3 Å². The Balaban J connectivity index is 2.09. The zero-order chi connectivity index (χ0) is 21.4. The summed E-state index contributed by atoms with van der Waals surface area (Å²) < 4.78 is 49.4. The van der Waals surface area contributed by atoms with Gasteiger partial charge in [-0.15, -0.1) is 0 Å². The van der Waals surface area contributed by atoms with Crippen molar-refractivity contribution in [3.05, 3.63) is 59.9 Å². The molecule has 11 heteroatoms. The molecule has 0 saturated heterocycles. The summed E-state index contributed by atoms with van der Waals surface area (Å²) in [5.74, 6) is -2.52. The van der Waals surface area contributed by atoms with E-state index in [1.165, 1.54) is 24.3 Å². The second-order valence-corrected chi connectivity index (χ2v) is 7.13. The summed E-state index contributed by atoms with van der Waals surface area (Å²) in [5.41, 5.74) is -0.269. The van der Waals surface area contributed by atoms with E-state index in [1.54, 1.807) is 6.92 Å². The Hall–Kier alpha value is -3.47. The van der Waals surface area contributed by atoms with Crippen molar-refractivity contribution in [2.75, 3.05) is 17.9 Å². The van der Waals surface area contributed by atoms with Crippen LogP contribution in [0.25, 0.3) is 0 Å². The van der Waals surface area contributed by atoms with Crippen molar-refractivity contribution in [1.29, 1.82) is 0 Å². The highest BCUT2D eigenvalue weighted by Crippen LogP contribution is 2.21. The summed E-state index contributed by atoms with van der Waals surface area (Å²) in [4.78, 5) is 34.7. The lowest BCUT2D eigenvalue weighted by molar-refractivity contribution is -0.123. The largest absolute Gasteiger partial charge is 0.452 e. The Bertz CT molecular complexity index is 1010. The van der Waals surface area contributed by atoms with Gasteiger partial charge in [0.15, 0.2) is 6.61 Å². The molecular weight excluding hydrogens is 407 g/mol. The van der Waals surface area contributed by atoms with Crippen molar-refractivity contribution in [1.82, 2.24) is 5.32 Å². The molecule has 0 bridgehead atoms. The summed E-state index contributed by atoms with van der Waals surface area (Å²) in [5, 5.41) is 1.85. The number of rotatable bonds is 7. The molecule has 0 aliphatic rings. The van der Waals surface area contributed by atoms with Gasteiger partial charge >= 0.3 is 12.1 Å². The molecule has 0 atom stereocenters. The standard InChI is InChI=1S/C18H17FN2O7S/c1-2-27-18(24)20-16(22)11-28-17(23)14-5-3-4-6-15(14)21-29(25,26)13-9-7-12(19)8-10-13/h3-10,21H,2,11H2,1H3,(H,20,22,24). The van der Waals surface area contributed by atoms with Crippen LogP contribution in [0.2, 0.25) is 0 Å². The van der Waals surface area contributed by atoms with Gasteiger partial charge in [-0.25, -0.2) is 22.4 Å². The molecule has 2 rings (SSSR count). The number of sulfonamides is 1. The molecule has 2 aromatic rings. The molecule has 0 aromatic heterocycles. The van der Waals surface area contributed by atoms with Gasteiger partial charge < -0.3 is 9.47 Å². The van der Waals surface area contributed by atoms with Crippen molar-refractivity contribution < 1.29 is 36.7 Å². The fourth-order valence-electron chi connectivity index (χ4n) is 2.09. The van der Waals surface area contributed by atoms with Gasteiger partial charge in [-0.2, -0.15) is 0 Å². The van der Waals surface area contributed by atoms with Crippen LogP contribution in [0.4, 0.5) is 14.9 Å². The van der Waals surface area contributed by atoms with E-state index in [1.807, 2.05) is 5.32 Å². The average Bonchev–Trinajstić information content (AvgIpc) is 2.66. The molecule has 0 fully saturated rings. The van der Waals surface area contributed by atoms with Gasteiger partial charge in [0.1, 0.15) is 5.82 Å². The Labute approximate surface area is 165 Å². The van der Waals surface area contributed by atoms with E-state index in [9.17, 15) is 27.2 Å². The van der Waals surface area contributed by atoms with Gasteiger partial charge in [-0.3, -0.25) is 14.8 Å². The Morgan fingerprint density at radius 2 is 1.66 bits per heavy atom. The number of esters is 1. The molecule has 0 unspecified atom stereocenters. The van der Waals surface area contributed by atoms with Crippen LogP contribution in [-0.4, -0.2) is 39.6 Å². The first kappa shape index (κ1) is 21.8. The lowest BCUT2D eigenvalue weighted by Gasteiger charge is -2.12. The van der Waals surface area contributed by atoms with Crippen molar-refractivity contribution in [3.63, 3.8) is 0 Å². The van der Waals surface area contributed by atoms with Crippen LogP contribution < -0.4 is 10.0 Å². The molecule has 0 spiro atoms. The number of benzene rings is 2. The molecule has 2 amide bonds. The first-order valence-corrected chi connectivity index (χ1v) is 9.72. The van der Waals surface area contributed by atoms with E-state index in [0.717, 1.165) is 24.3 Å². The number of carbonyl (C=O) groups is 3. The minimum atomic E-state index is -4.10. The number of amides is 2. The fourth-order valence-corrected chi connectivity index (χ4v) is 3.17. The Kier molecular flexibility index (Phi) is 7.26. The molecule has 0 heterocycles. The second-order valence-electron chi connectivity index (χ2n) is 5.45. The van der Waals surface area contributed by atoms with Crippen LogP contribution in [0.3, 0.4) is 0 Å². The third-order valence-corrected chi connectivity index (χ3v) is 4.75. The van der Waals surface area contributed by atoms with Gasteiger partial charge in [0.2, 0.25) is 0 Å². The second kappa shape index (κ2) is 9.64. The minimum absolute atomic E-state index is 0.0560. The Morgan fingerprint density at radius 3 is 2.31 bits per heavy atom. The maximum absolute atomic E-state index is 13.0. The van der Waals surface area contributed by atoms with Gasteiger partial charge in [-0.1, -0.05) is 12.1 Å². The molecule has 0 radical (unpaired) electrons. The van der Waals surface area contributed by atoms with Gasteiger partial charge in [0.05, 0.1) is 22.8 Å². The van der Waals surface area contributed by atoms with E-state index in [4.69, 9.17) is 4.74 Å². The number of hydrogen-bond donors (Lipinski definition) is 2. The Morgan fingerprint density at radius 1 is 1.00 bits per heavy atom. The topological polar surface area (TPSA) is 128 Å². The number of ether oxygens (including phenoxy) is 2. The molecule has 0 aliphatic carbocycles. The molecule has 2 N–H and O–H groups in total. The summed E-state index contributed by atoms with van der Waals surface area (Å²) in [6, 6.07) is 9.65. The number of imide groups is 1. The smallest absolute Gasteiger partial charge is 0.413 e. The number of anilines is 1. The number of alkyl carbamates (subject to hydrolysis) is 1. The molecule has 0 aliphatic heterocycles. The number of halogens is 1. The van der Waals surface area contributed by atoms with Crippen LogP contribution in [0.1, 0.15) is 17.3 Å². The average molecular weight is 424 g/mol. The zero-order valence-corrected chi connectivity index (χ0v) is 16.0. The quantitative estimate of drug-likeness (QED) is 0.651. The number of para-hydroxylation sites is 1. The highest BCUT2D eigenvalue weighted by molar-refractivity contribution is 7.92. The van der Waals surface area contributed by atoms with Crippen molar-refractivity contribution in [2.24, 2.45) is 0 Å². The monoisotopic (exact) mass is 424 g/mol. The third kappa shape index (κ3) is 6.28. The number of nitrogens with one attached hydrogen (secondary N) is 2. The molecule has 29 heavy (non-hydrogen) atoms. The minimum Gasteiger partial charge on any atom is -0.452 e. The summed E-state index contributed by atoms with van der Waals surface area (Å²) in [7, 11) is -4.10. The fraction of sp³-hybridized carbons (Fsp3) is 0.167. The molecule has 2 aromatic carbocycles. The zero-order valence-electron chi connectivity index (χ0n) is 15.2. The van der Waals surface area contributed by atoms with E-state index in [0.29, 0.717) is 0 Å². The van der Waals surface area contributed by atoms with Crippen LogP contribution in [0.5, 0.6) is 0 Å². The normalized spacial score (nSPS) is 10.7. The van der Waals surface area contributed by atoms with E-state index in [-0.39, 0.29) is 22.8 Å². The molecule has 9 nitrogen and oxygen atoms in total. The third-order valence-electron chi connectivity index (χ3n) is 3.37. The summed E-state index contributed by atoms with van der Waals surface area (Å²) in [6.45, 7) is 0.825. The molecular formula is C18H17FN2O7S. The van der Waals surface area contributed by atoms with Crippen LogP contribution in [0.15, 0.2) is 53.4 Å². The predicted molar refractivity (Wildman–Crippen MR) is 99.1 cm³/mol. The van der Waals surface area contributed by atoms with Crippen molar-refractivity contribution in [3.8, 4) is 0 Å². The summed E-state index contributed by atoms with van der Waals surface area (Å²) >= 11 is 0. The maximum Gasteiger partial charge on any atom is 0.413 e. The lowest BCUT2D eigenvalue weighted by Crippen LogP contribution is -2.34. The van der Waals surface area contributed by atoms with E-state index < -0.39 is 40.4 Å². The van der Waals surface area contributed by atoms with Crippen LogP contribution >= 0.6 is 0 Å². The first-order valence-electron chi connectivity index (χ1n) is 8.24. The lowest BCUT2D eigenvalue weighted by atomic mass is 10.2. The predicted octanol–water partition coefficient (Wildman–Crippen LogP) is 2.06. The molecule has 154 valence electrons. The maximum atomic E-state index is 13.0. The number of carbonyl (C=O) groups excluding carboxylic acids is 3. The highest BCUT2D eigenvalue weighted by Gasteiger charge is 2.20. The molecule has 0 saturated carbocycles. The van der Waals surface area contributed by atoms with Crippen molar-refractivity contribution >= 4 is 33.7 Å². The van der Waals surface area contributed by atoms with Gasteiger partial charge in [0, 0.05) is 0 Å². The summed E-state index contributed by atoms with van der Waals surface area (Å²) in [6.07, 6.45) is -0.985.